The van der Waals surface area contributed by atoms with E-state index < -0.39 is 0 Å². The van der Waals surface area contributed by atoms with Gasteiger partial charge in [0.05, 0.1) is 0 Å². The van der Waals surface area contributed by atoms with Crippen molar-refractivity contribution in [1.29, 1.82) is 0 Å². The Labute approximate surface area is 182 Å². The fraction of sp³-hybridized carbons (Fsp3) is 0.560. The van der Waals surface area contributed by atoms with Gasteiger partial charge >= 0.3 is 182 Å². The fourth-order valence-electron chi connectivity index (χ4n) is 4.75. The molecule has 3 rings (SSSR count). The van der Waals surface area contributed by atoms with Crippen molar-refractivity contribution in [3.63, 3.8) is 0 Å². The maximum absolute atomic E-state index is 12.5. The van der Waals surface area contributed by atoms with Crippen LogP contribution in [-0.2, 0) is 14.3 Å². The van der Waals surface area contributed by atoms with Crippen molar-refractivity contribution in [2.24, 2.45) is 23.7 Å². The van der Waals surface area contributed by atoms with E-state index in [0.29, 0.717) is 33.4 Å². The normalized spacial score (nSPS) is 30.1. The number of cyclic esters (lactones) is 1. The summed E-state index contributed by atoms with van der Waals surface area (Å²) in [5.74, 6) is 0.893. The predicted octanol–water partition coefficient (Wildman–Crippen LogP) is 4.57. The van der Waals surface area contributed by atoms with Gasteiger partial charge < -0.3 is 0 Å². The Balaban J connectivity index is 1.80. The summed E-state index contributed by atoms with van der Waals surface area (Å²) in [4.78, 5) is 12.5. The van der Waals surface area contributed by atoms with Gasteiger partial charge in [0.2, 0.25) is 0 Å². The van der Waals surface area contributed by atoms with Gasteiger partial charge in [0.25, 0.3) is 0 Å². The number of ether oxygens (including phenoxy) is 2. The van der Waals surface area contributed by atoms with Crippen LogP contribution in [0.2, 0.25) is 5.32 Å². The number of rotatable bonds is 8. The predicted molar refractivity (Wildman–Crippen MR) is 119 cm³/mol. The van der Waals surface area contributed by atoms with Crippen LogP contribution >= 0.6 is 0 Å². The summed E-state index contributed by atoms with van der Waals surface area (Å²) in [6, 6.07) is 10.7. The second-order valence-electron chi connectivity index (χ2n) is 8.52. The summed E-state index contributed by atoms with van der Waals surface area (Å²) in [5.41, 5.74) is 1.37. The van der Waals surface area contributed by atoms with Gasteiger partial charge in [-0.15, -0.1) is 0 Å². The van der Waals surface area contributed by atoms with Crippen LogP contribution in [0.25, 0.3) is 0 Å². The number of hydrogen-bond donors (Lipinski definition) is 0. The zero-order chi connectivity index (χ0) is 20.8. The Kier molecular flexibility index (Phi) is 8.17. The van der Waals surface area contributed by atoms with E-state index in [4.69, 9.17) is 9.47 Å². The van der Waals surface area contributed by atoms with Crippen molar-refractivity contribution in [2.75, 3.05) is 6.61 Å². The molecule has 2 saturated heterocycles. The molecule has 0 amide bonds. The van der Waals surface area contributed by atoms with E-state index in [2.05, 4.69) is 63.3 Å². The molecule has 0 saturated carbocycles. The van der Waals surface area contributed by atoms with Crippen molar-refractivity contribution in [3.8, 4) is 0 Å². The Morgan fingerprint density at radius 3 is 2.72 bits per heavy atom. The first-order chi connectivity index (χ1) is 14.0. The van der Waals surface area contributed by atoms with Crippen LogP contribution in [0.3, 0.4) is 0 Å². The van der Waals surface area contributed by atoms with Gasteiger partial charge in [-0.2, -0.15) is 0 Å². The van der Waals surface area contributed by atoms with Crippen molar-refractivity contribution in [3.05, 3.63) is 54.1 Å². The molecule has 2 fully saturated rings. The molecule has 6 atom stereocenters. The summed E-state index contributed by atoms with van der Waals surface area (Å²) < 4.78 is 13.6. The molecule has 0 spiro atoms. The van der Waals surface area contributed by atoms with Crippen molar-refractivity contribution in [2.45, 2.75) is 58.1 Å². The van der Waals surface area contributed by atoms with Gasteiger partial charge in [-0.3, -0.25) is 0 Å². The van der Waals surface area contributed by atoms with Gasteiger partial charge in [-0.25, -0.2) is 0 Å². The molecule has 158 valence electrons. The summed E-state index contributed by atoms with van der Waals surface area (Å²) in [5, 5.41) is 1.04. The molecule has 2 aliphatic rings. The maximum atomic E-state index is 12.5. The van der Waals surface area contributed by atoms with Gasteiger partial charge in [0.15, 0.2) is 0 Å². The molecule has 29 heavy (non-hydrogen) atoms. The quantitative estimate of drug-likeness (QED) is 0.323. The molecule has 0 aromatic heterocycles. The molecule has 0 N–H and O–H groups in total. The van der Waals surface area contributed by atoms with Crippen LogP contribution in [0.15, 0.2) is 54.1 Å². The van der Waals surface area contributed by atoms with E-state index in [-0.39, 0.29) is 30.0 Å². The van der Waals surface area contributed by atoms with Crippen molar-refractivity contribution in [1.82, 2.24) is 0 Å². The molecule has 0 bridgehead atoms. The number of hydrogen-bond acceptors (Lipinski definition) is 3. The number of carbonyl (C=O) groups is 1. The molecule has 4 heteroatoms. The first-order valence-corrected chi connectivity index (χ1v) is 12.8. The Morgan fingerprint density at radius 2 is 2.03 bits per heavy atom. The molecule has 3 nitrogen and oxygen atoms in total. The van der Waals surface area contributed by atoms with E-state index in [1.807, 2.05) is 13.0 Å². The van der Waals surface area contributed by atoms with Crippen LogP contribution in [0, 0.1) is 23.7 Å². The summed E-state index contributed by atoms with van der Waals surface area (Å²) >= 11 is 0.362. The Bertz CT molecular complexity index is 723. The molecule has 2 heterocycles. The molecule has 0 aliphatic carbocycles. The molecule has 1 aromatic rings. The molecule has 1 aromatic carbocycles. The first kappa shape index (κ1) is 22.3. The second-order valence-corrected chi connectivity index (χ2v) is 10.8. The van der Waals surface area contributed by atoms with E-state index in [0.717, 1.165) is 18.2 Å². The molecule has 2 aliphatic heterocycles. The number of benzene rings is 1. The molecule has 0 unspecified atom stereocenters. The van der Waals surface area contributed by atoms with Crippen molar-refractivity contribution >= 4 is 25.4 Å². The van der Waals surface area contributed by atoms with Crippen LogP contribution < -0.4 is 4.46 Å². The number of esters is 1. The third kappa shape index (κ3) is 5.63. The standard InChI is InChI=1S/C25H34O3Se/c1-5-10-21-24-20(15-27-25(24)26)23(18(4)12-9-11-17(2)3)22(28-21)16-29-19-13-7-6-8-14-19/h5-8,10-11,13-14,18,20-24H,9,12,15-16H2,1-4H3/b10-5+/t18-,20+,21-,22-,23+,24-/m0/s1. The minimum atomic E-state index is -0.155. The fourth-order valence-corrected chi connectivity index (χ4v) is 6.86. The molecule has 0 radical (unpaired) electrons. The second kappa shape index (κ2) is 10.6. The number of carbonyl (C=O) groups excluding carboxylic acids is 1. The molecular weight excluding hydrogens is 427 g/mol. The Hall–Kier alpha value is -1.35. The van der Waals surface area contributed by atoms with Gasteiger partial charge in [0.1, 0.15) is 0 Å². The molecular formula is C25H34O3Se. The van der Waals surface area contributed by atoms with Crippen LogP contribution in [0.1, 0.15) is 40.5 Å². The summed E-state index contributed by atoms with van der Waals surface area (Å²) in [7, 11) is 0. The van der Waals surface area contributed by atoms with E-state index in [9.17, 15) is 4.79 Å². The first-order valence-electron chi connectivity index (χ1n) is 10.8. The Morgan fingerprint density at radius 1 is 1.28 bits per heavy atom. The topological polar surface area (TPSA) is 35.5 Å². The average molecular weight is 462 g/mol. The minimum absolute atomic E-state index is 0.0772. The van der Waals surface area contributed by atoms with Gasteiger partial charge in [0, 0.05) is 0 Å². The van der Waals surface area contributed by atoms with Gasteiger partial charge in [-0.1, -0.05) is 0 Å². The van der Waals surface area contributed by atoms with Crippen LogP contribution in [-0.4, -0.2) is 39.7 Å². The van der Waals surface area contributed by atoms with Crippen LogP contribution in [0.4, 0.5) is 0 Å². The number of fused-ring (bicyclic) bond motifs is 1. The van der Waals surface area contributed by atoms with E-state index in [1.165, 1.54) is 10.0 Å². The van der Waals surface area contributed by atoms with Crippen molar-refractivity contribution < 1.29 is 14.3 Å². The monoisotopic (exact) mass is 462 g/mol. The van der Waals surface area contributed by atoms with E-state index >= 15 is 0 Å². The third-order valence-electron chi connectivity index (χ3n) is 6.13. The summed E-state index contributed by atoms with van der Waals surface area (Å²) in [6.45, 7) is 9.19. The third-order valence-corrected chi connectivity index (χ3v) is 8.44. The van der Waals surface area contributed by atoms with E-state index in [1.54, 1.807) is 0 Å². The average Bonchev–Trinajstić information content (AvgIpc) is 3.08. The number of allylic oxidation sites excluding steroid dienone is 3. The zero-order valence-electron chi connectivity index (χ0n) is 18.0. The van der Waals surface area contributed by atoms with Gasteiger partial charge in [-0.05, 0) is 0 Å². The SMILES string of the molecule is C/C=C/[C@@H]1O[C@@H](C[Se]c2ccccc2)[C@H]([C@@H](C)CCC=C(C)C)[C@H]2COC(=O)[C@@H]21. The van der Waals surface area contributed by atoms with Crippen LogP contribution in [0.5, 0.6) is 0 Å². The zero-order valence-corrected chi connectivity index (χ0v) is 19.8. The summed E-state index contributed by atoms with van der Waals surface area (Å²) in [6.07, 6.45) is 8.61.